The average Bonchev–Trinajstić information content (AvgIpc) is 3.26. The predicted octanol–water partition coefficient (Wildman–Crippen LogP) is 4.71. The highest BCUT2D eigenvalue weighted by Gasteiger charge is 2.43. The molecule has 1 heterocycles. The molecule has 0 saturated carbocycles. The third kappa shape index (κ3) is 6.39. The van der Waals surface area contributed by atoms with Crippen molar-refractivity contribution in [2.75, 3.05) is 6.61 Å². The minimum absolute atomic E-state index is 0.132. The van der Waals surface area contributed by atoms with E-state index in [1.165, 1.54) is 4.90 Å². The molecule has 2 amide bonds. The van der Waals surface area contributed by atoms with Crippen LogP contribution in [-0.2, 0) is 33.7 Å². The van der Waals surface area contributed by atoms with E-state index in [9.17, 15) is 14.7 Å². The number of imide groups is 1. The van der Waals surface area contributed by atoms with Gasteiger partial charge in [0.05, 0.1) is 30.8 Å². The molecule has 4 rings (SSSR count). The number of hydrogen-bond acceptors (Lipinski definition) is 5. The molecule has 0 aromatic heterocycles. The Hall–Kier alpha value is -3.48. The number of hydrogen-bond donors (Lipinski definition) is 1. The van der Waals surface area contributed by atoms with Crippen LogP contribution in [0, 0.1) is 12.8 Å². The number of nitrogens with zero attached hydrogens (tertiary/aromatic N) is 1. The number of aryl methyl sites for hydroxylation is 1. The lowest BCUT2D eigenvalue weighted by Crippen LogP contribution is -2.49. The van der Waals surface area contributed by atoms with Crippen molar-refractivity contribution in [1.82, 2.24) is 4.90 Å². The minimum atomic E-state index is -1.12. The van der Waals surface area contributed by atoms with Crippen LogP contribution in [0.5, 0.6) is 0 Å². The van der Waals surface area contributed by atoms with Gasteiger partial charge in [-0.15, -0.1) is 0 Å². The van der Waals surface area contributed by atoms with Gasteiger partial charge in [0.15, 0.2) is 0 Å². The number of benzene rings is 3. The summed E-state index contributed by atoms with van der Waals surface area (Å²) in [6, 6.07) is 26.8. The summed E-state index contributed by atoms with van der Waals surface area (Å²) in [6.07, 6.45) is -1.64. The summed E-state index contributed by atoms with van der Waals surface area (Å²) in [6.45, 7) is 4.20. The van der Waals surface area contributed by atoms with Gasteiger partial charge in [-0.1, -0.05) is 90.5 Å². The van der Waals surface area contributed by atoms with Crippen LogP contribution in [0.4, 0.5) is 4.79 Å². The summed E-state index contributed by atoms with van der Waals surface area (Å²) in [7, 11) is 0. The molecule has 6 heteroatoms. The maximum atomic E-state index is 13.9. The zero-order chi connectivity index (χ0) is 25.5. The molecular weight excluding hydrogens is 454 g/mol. The van der Waals surface area contributed by atoms with E-state index in [4.69, 9.17) is 9.47 Å². The number of aliphatic hydroxyl groups is 1. The quantitative estimate of drug-likeness (QED) is 0.448. The maximum Gasteiger partial charge on any atom is 0.416 e. The Labute approximate surface area is 212 Å². The van der Waals surface area contributed by atoms with Crippen LogP contribution in [0.1, 0.15) is 29.2 Å². The Balaban J connectivity index is 1.54. The van der Waals surface area contributed by atoms with Crippen molar-refractivity contribution in [2.45, 2.75) is 51.5 Å². The SMILES string of the molecule is Cc1ccc(C[C@@H](C(=O)N2C(=O)OC[C@H]2Cc2ccccc2)[C@@H](O)[C@H](C)OCc2ccccc2)cc1. The maximum absolute atomic E-state index is 13.9. The topological polar surface area (TPSA) is 76.1 Å². The van der Waals surface area contributed by atoms with E-state index in [-0.39, 0.29) is 13.0 Å². The standard InChI is InChI=1S/C30H33NO5/c1-21-13-15-24(16-14-21)18-27(28(32)22(2)35-19-25-11-7-4-8-12-25)29(33)31-26(20-36-30(31)34)17-23-9-5-3-6-10-23/h3-16,22,26-28,32H,17-20H2,1-2H3/t22-,26+,27+,28-/m0/s1. The van der Waals surface area contributed by atoms with Crippen molar-refractivity contribution < 1.29 is 24.2 Å². The summed E-state index contributed by atoms with van der Waals surface area (Å²) in [5.41, 5.74) is 3.99. The fourth-order valence-corrected chi connectivity index (χ4v) is 4.51. The second kappa shape index (κ2) is 12.0. The van der Waals surface area contributed by atoms with E-state index in [2.05, 4.69) is 0 Å². The minimum Gasteiger partial charge on any atom is -0.447 e. The smallest absolute Gasteiger partial charge is 0.416 e. The zero-order valence-corrected chi connectivity index (χ0v) is 20.7. The lowest BCUT2D eigenvalue weighted by atomic mass is 9.89. The van der Waals surface area contributed by atoms with Gasteiger partial charge in [0, 0.05) is 0 Å². The van der Waals surface area contributed by atoms with E-state index < -0.39 is 36.2 Å². The first-order valence-electron chi connectivity index (χ1n) is 12.3. The Morgan fingerprint density at radius 3 is 2.22 bits per heavy atom. The normalized spacial score (nSPS) is 17.9. The van der Waals surface area contributed by atoms with Crippen LogP contribution in [0.2, 0.25) is 0 Å². The van der Waals surface area contributed by atoms with Crippen LogP contribution >= 0.6 is 0 Å². The van der Waals surface area contributed by atoms with Crippen molar-refractivity contribution in [3.63, 3.8) is 0 Å². The summed E-state index contributed by atoms with van der Waals surface area (Å²) in [4.78, 5) is 27.7. The molecule has 0 spiro atoms. The second-order valence-corrected chi connectivity index (χ2v) is 9.42. The number of aliphatic hydroxyl groups excluding tert-OH is 1. The Bertz CT molecular complexity index is 1130. The number of rotatable bonds is 10. The van der Waals surface area contributed by atoms with Gasteiger partial charge in [0.1, 0.15) is 6.61 Å². The highest BCUT2D eigenvalue weighted by Crippen LogP contribution is 2.26. The van der Waals surface area contributed by atoms with Gasteiger partial charge in [-0.05, 0) is 43.4 Å². The molecule has 1 saturated heterocycles. The van der Waals surface area contributed by atoms with E-state index >= 15 is 0 Å². The van der Waals surface area contributed by atoms with Crippen molar-refractivity contribution >= 4 is 12.0 Å². The summed E-state index contributed by atoms with van der Waals surface area (Å²) in [5.74, 6) is -1.32. The van der Waals surface area contributed by atoms with Crippen LogP contribution in [0.25, 0.3) is 0 Å². The number of ether oxygens (including phenoxy) is 2. The summed E-state index contributed by atoms with van der Waals surface area (Å²) >= 11 is 0. The molecule has 188 valence electrons. The monoisotopic (exact) mass is 487 g/mol. The number of carbonyl (C=O) groups excluding carboxylic acids is 2. The summed E-state index contributed by atoms with van der Waals surface area (Å²) < 4.78 is 11.2. The van der Waals surface area contributed by atoms with Gasteiger partial charge < -0.3 is 14.6 Å². The predicted molar refractivity (Wildman–Crippen MR) is 137 cm³/mol. The molecule has 1 aliphatic heterocycles. The van der Waals surface area contributed by atoms with Crippen LogP contribution in [-0.4, -0.2) is 46.9 Å². The molecule has 0 bridgehead atoms. The number of carbonyl (C=O) groups is 2. The van der Waals surface area contributed by atoms with E-state index in [0.29, 0.717) is 13.0 Å². The fraction of sp³-hybridized carbons (Fsp3) is 0.333. The first-order valence-corrected chi connectivity index (χ1v) is 12.3. The molecule has 0 radical (unpaired) electrons. The van der Waals surface area contributed by atoms with Crippen LogP contribution in [0.3, 0.4) is 0 Å². The van der Waals surface area contributed by atoms with Gasteiger partial charge in [-0.2, -0.15) is 0 Å². The molecule has 3 aromatic rings. The third-order valence-electron chi connectivity index (χ3n) is 6.65. The fourth-order valence-electron chi connectivity index (χ4n) is 4.51. The molecule has 1 aliphatic rings. The number of amides is 2. The van der Waals surface area contributed by atoms with Crippen molar-refractivity contribution in [1.29, 1.82) is 0 Å². The van der Waals surface area contributed by atoms with E-state index in [0.717, 1.165) is 22.3 Å². The molecule has 1 fully saturated rings. The van der Waals surface area contributed by atoms with Crippen LogP contribution < -0.4 is 0 Å². The molecule has 4 atom stereocenters. The van der Waals surface area contributed by atoms with Gasteiger partial charge in [-0.3, -0.25) is 4.79 Å². The highest BCUT2D eigenvalue weighted by atomic mass is 16.6. The lowest BCUT2D eigenvalue weighted by Gasteiger charge is -2.31. The van der Waals surface area contributed by atoms with E-state index in [1.54, 1.807) is 6.92 Å². The summed E-state index contributed by atoms with van der Waals surface area (Å²) in [5, 5.41) is 11.3. The molecular formula is C30H33NO5. The Morgan fingerprint density at radius 2 is 1.58 bits per heavy atom. The van der Waals surface area contributed by atoms with Crippen molar-refractivity contribution in [3.8, 4) is 0 Å². The molecule has 0 unspecified atom stereocenters. The van der Waals surface area contributed by atoms with Gasteiger partial charge in [0.25, 0.3) is 0 Å². The van der Waals surface area contributed by atoms with Gasteiger partial charge in [-0.25, -0.2) is 9.69 Å². The molecule has 3 aromatic carbocycles. The highest BCUT2D eigenvalue weighted by molar-refractivity contribution is 5.95. The largest absolute Gasteiger partial charge is 0.447 e. The van der Waals surface area contributed by atoms with Gasteiger partial charge >= 0.3 is 6.09 Å². The first kappa shape index (κ1) is 25.6. The zero-order valence-electron chi connectivity index (χ0n) is 20.7. The van der Waals surface area contributed by atoms with Crippen molar-refractivity contribution in [2.24, 2.45) is 5.92 Å². The van der Waals surface area contributed by atoms with Crippen molar-refractivity contribution in [3.05, 3.63) is 107 Å². The third-order valence-corrected chi connectivity index (χ3v) is 6.65. The number of cyclic esters (lactones) is 1. The molecule has 6 nitrogen and oxygen atoms in total. The molecule has 1 N–H and O–H groups in total. The average molecular weight is 488 g/mol. The second-order valence-electron chi connectivity index (χ2n) is 9.42. The molecule has 36 heavy (non-hydrogen) atoms. The molecule has 0 aliphatic carbocycles. The Morgan fingerprint density at radius 1 is 0.972 bits per heavy atom. The van der Waals surface area contributed by atoms with E-state index in [1.807, 2.05) is 91.9 Å². The van der Waals surface area contributed by atoms with Crippen LogP contribution in [0.15, 0.2) is 84.9 Å². The van der Waals surface area contributed by atoms with Gasteiger partial charge in [0.2, 0.25) is 5.91 Å². The Kier molecular flexibility index (Phi) is 8.52. The first-order chi connectivity index (χ1) is 17.4. The lowest BCUT2D eigenvalue weighted by molar-refractivity contribution is -0.142.